The summed E-state index contributed by atoms with van der Waals surface area (Å²) in [6.45, 7) is 7.03. The van der Waals surface area contributed by atoms with Crippen LogP contribution in [0.4, 0.5) is 0 Å². The topological polar surface area (TPSA) is 74.0 Å². The van der Waals surface area contributed by atoms with Gasteiger partial charge in [0, 0.05) is 37.1 Å². The first-order chi connectivity index (χ1) is 11.4. The monoisotopic (exact) mass is 330 g/mol. The van der Waals surface area contributed by atoms with E-state index in [-0.39, 0.29) is 11.8 Å². The lowest BCUT2D eigenvalue weighted by Crippen LogP contribution is -2.52. The Bertz CT molecular complexity index is 786. The Morgan fingerprint density at radius 3 is 2.33 bits per heavy atom. The van der Waals surface area contributed by atoms with Gasteiger partial charge in [-0.3, -0.25) is 9.59 Å². The molecular formula is C18H22N2O4. The number of benzene rings is 1. The Kier molecular flexibility index (Phi) is 4.32. The second-order valence-electron chi connectivity index (χ2n) is 6.30. The van der Waals surface area contributed by atoms with Crippen molar-refractivity contribution in [2.45, 2.75) is 26.9 Å². The van der Waals surface area contributed by atoms with E-state index in [1.54, 1.807) is 9.80 Å². The smallest absolute Gasteiger partial charge is 0.290 e. The van der Waals surface area contributed by atoms with Crippen LogP contribution in [0.25, 0.3) is 11.0 Å². The van der Waals surface area contributed by atoms with Crippen LogP contribution in [0.2, 0.25) is 0 Å². The van der Waals surface area contributed by atoms with Gasteiger partial charge in [-0.05, 0) is 26.3 Å². The number of aliphatic hydroxyl groups excluding tert-OH is 1. The number of carbonyl (C=O) groups excluding carboxylic acids is 2. The predicted molar refractivity (Wildman–Crippen MR) is 89.9 cm³/mol. The van der Waals surface area contributed by atoms with Gasteiger partial charge in [0.25, 0.3) is 11.8 Å². The Balaban J connectivity index is 1.78. The minimum atomic E-state index is -1.01. The molecule has 0 spiro atoms. The lowest BCUT2D eigenvalue weighted by molar-refractivity contribution is -0.140. The number of fused-ring (bicyclic) bond motifs is 1. The van der Waals surface area contributed by atoms with Gasteiger partial charge in [0.1, 0.15) is 11.7 Å². The van der Waals surface area contributed by atoms with Crippen molar-refractivity contribution in [3.63, 3.8) is 0 Å². The molecule has 1 aliphatic rings. The highest BCUT2D eigenvalue weighted by Gasteiger charge is 2.29. The molecule has 1 aliphatic heterocycles. The minimum absolute atomic E-state index is 0.146. The highest BCUT2D eigenvalue weighted by Crippen LogP contribution is 2.28. The fourth-order valence-corrected chi connectivity index (χ4v) is 3.13. The molecule has 6 nitrogen and oxygen atoms in total. The van der Waals surface area contributed by atoms with Crippen molar-refractivity contribution in [1.82, 2.24) is 9.80 Å². The molecule has 1 atom stereocenters. The van der Waals surface area contributed by atoms with Gasteiger partial charge in [-0.1, -0.05) is 18.2 Å². The SMILES string of the molecule is Cc1c(C(=O)N2CCN(C(=O)C(C)O)CC2)oc2c(C)cccc12. The van der Waals surface area contributed by atoms with E-state index in [4.69, 9.17) is 4.42 Å². The van der Waals surface area contributed by atoms with E-state index in [1.165, 1.54) is 6.92 Å². The van der Waals surface area contributed by atoms with Crippen LogP contribution >= 0.6 is 0 Å². The number of para-hydroxylation sites is 1. The van der Waals surface area contributed by atoms with Crippen molar-refractivity contribution >= 4 is 22.8 Å². The second kappa shape index (κ2) is 6.28. The highest BCUT2D eigenvalue weighted by molar-refractivity contribution is 5.99. The lowest BCUT2D eigenvalue weighted by Gasteiger charge is -2.35. The van der Waals surface area contributed by atoms with E-state index in [9.17, 15) is 14.7 Å². The second-order valence-corrected chi connectivity index (χ2v) is 6.30. The molecule has 24 heavy (non-hydrogen) atoms. The van der Waals surface area contributed by atoms with Gasteiger partial charge in [-0.15, -0.1) is 0 Å². The molecule has 1 aromatic heterocycles. The standard InChI is InChI=1S/C18H22N2O4/c1-11-5-4-6-14-12(2)16(24-15(11)14)18(23)20-9-7-19(8-10-20)17(22)13(3)21/h4-6,13,21H,7-10H2,1-3H3. The van der Waals surface area contributed by atoms with Crippen LogP contribution in [-0.2, 0) is 4.79 Å². The van der Waals surface area contributed by atoms with Gasteiger partial charge in [-0.2, -0.15) is 0 Å². The zero-order valence-corrected chi connectivity index (χ0v) is 14.2. The van der Waals surface area contributed by atoms with Crippen molar-refractivity contribution in [3.05, 3.63) is 35.1 Å². The van der Waals surface area contributed by atoms with Crippen molar-refractivity contribution in [2.75, 3.05) is 26.2 Å². The summed E-state index contributed by atoms with van der Waals surface area (Å²) >= 11 is 0. The summed E-state index contributed by atoms with van der Waals surface area (Å²) < 4.78 is 5.85. The first kappa shape index (κ1) is 16.5. The molecule has 1 saturated heterocycles. The van der Waals surface area contributed by atoms with Crippen LogP contribution in [0.1, 0.15) is 28.6 Å². The van der Waals surface area contributed by atoms with Crippen LogP contribution in [0.3, 0.4) is 0 Å². The van der Waals surface area contributed by atoms with Crippen molar-refractivity contribution in [1.29, 1.82) is 0 Å². The summed E-state index contributed by atoms with van der Waals surface area (Å²) in [7, 11) is 0. The quantitative estimate of drug-likeness (QED) is 0.910. The summed E-state index contributed by atoms with van der Waals surface area (Å²) in [5, 5.41) is 10.3. The van der Waals surface area contributed by atoms with Gasteiger partial charge < -0.3 is 19.3 Å². The number of piperazine rings is 1. The first-order valence-electron chi connectivity index (χ1n) is 8.15. The average Bonchev–Trinajstić information content (AvgIpc) is 2.92. The molecule has 6 heteroatoms. The first-order valence-corrected chi connectivity index (χ1v) is 8.15. The Labute approximate surface area is 140 Å². The molecule has 1 fully saturated rings. The van der Waals surface area contributed by atoms with E-state index in [0.29, 0.717) is 31.9 Å². The van der Waals surface area contributed by atoms with Crippen LogP contribution in [0, 0.1) is 13.8 Å². The van der Waals surface area contributed by atoms with Crippen LogP contribution in [0.15, 0.2) is 22.6 Å². The molecule has 2 aromatic rings. The molecule has 0 bridgehead atoms. The van der Waals surface area contributed by atoms with Gasteiger partial charge in [-0.25, -0.2) is 0 Å². The van der Waals surface area contributed by atoms with Crippen LogP contribution < -0.4 is 0 Å². The average molecular weight is 330 g/mol. The number of furan rings is 1. The molecule has 0 saturated carbocycles. The van der Waals surface area contributed by atoms with E-state index >= 15 is 0 Å². The van der Waals surface area contributed by atoms with Crippen LogP contribution in [-0.4, -0.2) is 59.0 Å². The molecule has 1 aromatic carbocycles. The van der Waals surface area contributed by atoms with Gasteiger partial charge in [0.15, 0.2) is 5.76 Å². The minimum Gasteiger partial charge on any atom is -0.450 e. The molecule has 1 unspecified atom stereocenters. The zero-order valence-electron chi connectivity index (χ0n) is 14.2. The van der Waals surface area contributed by atoms with E-state index in [1.807, 2.05) is 32.0 Å². The molecule has 0 radical (unpaired) electrons. The third-order valence-electron chi connectivity index (χ3n) is 4.59. The maximum atomic E-state index is 12.8. The van der Waals surface area contributed by atoms with E-state index in [0.717, 1.165) is 22.1 Å². The molecule has 2 amide bonds. The number of carbonyl (C=O) groups is 2. The van der Waals surface area contributed by atoms with Gasteiger partial charge in [0.05, 0.1) is 0 Å². The van der Waals surface area contributed by atoms with Crippen LogP contribution in [0.5, 0.6) is 0 Å². The predicted octanol–water partition coefficient (Wildman–Crippen LogP) is 1.71. The Morgan fingerprint density at radius 1 is 1.12 bits per heavy atom. The van der Waals surface area contributed by atoms with Gasteiger partial charge >= 0.3 is 0 Å². The van der Waals surface area contributed by atoms with Crippen molar-refractivity contribution in [3.8, 4) is 0 Å². The third-order valence-corrected chi connectivity index (χ3v) is 4.59. The van der Waals surface area contributed by atoms with Gasteiger partial charge in [0.2, 0.25) is 0 Å². The van der Waals surface area contributed by atoms with Crippen molar-refractivity contribution < 1.29 is 19.1 Å². The molecule has 2 heterocycles. The largest absolute Gasteiger partial charge is 0.450 e. The number of aliphatic hydroxyl groups is 1. The maximum Gasteiger partial charge on any atom is 0.290 e. The third kappa shape index (κ3) is 2.78. The Hall–Kier alpha value is -2.34. The summed E-state index contributed by atoms with van der Waals surface area (Å²) in [6, 6.07) is 5.87. The molecule has 0 aliphatic carbocycles. The normalized spacial score (nSPS) is 16.5. The fourth-order valence-electron chi connectivity index (χ4n) is 3.13. The van der Waals surface area contributed by atoms with Crippen molar-refractivity contribution in [2.24, 2.45) is 0 Å². The molecule has 128 valence electrons. The number of nitrogens with zero attached hydrogens (tertiary/aromatic N) is 2. The van der Waals surface area contributed by atoms with E-state index < -0.39 is 6.10 Å². The zero-order chi connectivity index (χ0) is 17.4. The molecule has 1 N–H and O–H groups in total. The molecular weight excluding hydrogens is 308 g/mol. The Morgan fingerprint density at radius 2 is 1.75 bits per heavy atom. The number of amides is 2. The number of hydrogen-bond acceptors (Lipinski definition) is 4. The highest BCUT2D eigenvalue weighted by atomic mass is 16.3. The maximum absolute atomic E-state index is 12.8. The molecule has 3 rings (SSSR count). The summed E-state index contributed by atoms with van der Waals surface area (Å²) in [5.41, 5.74) is 2.60. The van der Waals surface area contributed by atoms with E-state index in [2.05, 4.69) is 0 Å². The number of rotatable bonds is 2. The summed E-state index contributed by atoms with van der Waals surface area (Å²) in [5.74, 6) is -0.0699. The lowest BCUT2D eigenvalue weighted by atomic mass is 10.1. The summed E-state index contributed by atoms with van der Waals surface area (Å²) in [6.07, 6.45) is -1.01. The number of aryl methyl sites for hydroxylation is 2. The fraction of sp³-hybridized carbons (Fsp3) is 0.444. The summed E-state index contributed by atoms with van der Waals surface area (Å²) in [4.78, 5) is 27.9. The number of hydrogen-bond donors (Lipinski definition) is 1.